The van der Waals surface area contributed by atoms with Crippen LogP contribution >= 0.6 is 0 Å². The molecule has 0 bridgehead atoms. The van der Waals surface area contributed by atoms with Crippen LogP contribution in [0.15, 0.2) is 29.2 Å². The van der Waals surface area contributed by atoms with E-state index < -0.39 is 9.84 Å². The topological polar surface area (TPSA) is 84.2 Å². The van der Waals surface area contributed by atoms with Gasteiger partial charge >= 0.3 is 0 Å². The quantitative estimate of drug-likeness (QED) is 0.692. The summed E-state index contributed by atoms with van der Waals surface area (Å²) in [4.78, 5) is 4.97. The molecule has 1 atom stereocenters. The molecule has 28 heavy (non-hydrogen) atoms. The van der Waals surface area contributed by atoms with Crippen molar-refractivity contribution in [3.8, 4) is 0 Å². The highest BCUT2D eigenvalue weighted by molar-refractivity contribution is 7.90. The van der Waals surface area contributed by atoms with Crippen LogP contribution in [0.25, 0.3) is 0 Å². The number of aromatic nitrogens is 4. The van der Waals surface area contributed by atoms with Gasteiger partial charge in [0.25, 0.3) is 0 Å². The molecule has 0 aliphatic carbocycles. The maximum absolute atomic E-state index is 12.9. The van der Waals surface area contributed by atoms with Crippen molar-refractivity contribution in [2.45, 2.75) is 44.0 Å². The van der Waals surface area contributed by atoms with E-state index in [-0.39, 0.29) is 11.9 Å². The minimum Gasteiger partial charge on any atom is -0.304 e. The predicted octanol–water partition coefficient (Wildman–Crippen LogP) is 1.75. The van der Waals surface area contributed by atoms with Crippen LogP contribution in [0.2, 0.25) is 0 Å². The van der Waals surface area contributed by atoms with Crippen molar-refractivity contribution in [1.29, 1.82) is 0 Å². The summed E-state index contributed by atoms with van der Waals surface area (Å²) in [7, 11) is -1.41. The van der Waals surface area contributed by atoms with Crippen LogP contribution in [0.1, 0.15) is 37.7 Å². The lowest BCUT2D eigenvalue weighted by Gasteiger charge is -2.37. The number of sulfone groups is 1. The molecule has 0 saturated carbocycles. The molecule has 0 unspecified atom stereocenters. The Bertz CT molecular complexity index is 870. The molecule has 2 heterocycles. The molecular formula is C19H30N6O2S. The molecule has 1 aliphatic heterocycles. The van der Waals surface area contributed by atoms with Crippen LogP contribution in [0.4, 0.5) is 0 Å². The van der Waals surface area contributed by atoms with E-state index >= 15 is 0 Å². The van der Waals surface area contributed by atoms with Crippen molar-refractivity contribution in [2.75, 3.05) is 33.2 Å². The van der Waals surface area contributed by atoms with Crippen LogP contribution in [0.3, 0.4) is 0 Å². The largest absolute Gasteiger partial charge is 0.304 e. The molecule has 1 saturated heterocycles. The summed E-state index contributed by atoms with van der Waals surface area (Å²) in [6.07, 6.45) is 0.884. The first-order chi connectivity index (χ1) is 13.3. The Morgan fingerprint density at radius 1 is 1.07 bits per heavy atom. The Hall–Kier alpha value is -1.84. The lowest BCUT2D eigenvalue weighted by atomic mass is 10.0. The van der Waals surface area contributed by atoms with Gasteiger partial charge in [0.2, 0.25) is 0 Å². The first-order valence-corrected chi connectivity index (χ1v) is 11.4. The molecule has 154 valence electrons. The van der Waals surface area contributed by atoms with Crippen LogP contribution in [-0.4, -0.2) is 71.7 Å². The first kappa shape index (κ1) is 20.9. The molecule has 9 heteroatoms. The maximum atomic E-state index is 12.9. The van der Waals surface area contributed by atoms with Gasteiger partial charge in [-0.3, -0.25) is 4.90 Å². The van der Waals surface area contributed by atoms with Crippen LogP contribution in [0, 0.1) is 12.8 Å². The fraction of sp³-hybridized carbons (Fsp3) is 0.632. The van der Waals surface area contributed by atoms with Gasteiger partial charge in [0.15, 0.2) is 21.5 Å². The van der Waals surface area contributed by atoms with Crippen molar-refractivity contribution in [3.05, 3.63) is 35.7 Å². The van der Waals surface area contributed by atoms with Gasteiger partial charge in [-0.15, -0.1) is 5.10 Å². The molecule has 3 rings (SSSR count). The number of aryl methyl sites for hydroxylation is 1. The summed E-state index contributed by atoms with van der Waals surface area (Å²) >= 11 is 0. The number of likely N-dealkylation sites (N-methyl/N-ethyl adjacent to an activating group) is 1. The molecule has 2 aromatic rings. The molecule has 1 fully saturated rings. The van der Waals surface area contributed by atoms with Crippen LogP contribution in [-0.2, 0) is 15.7 Å². The van der Waals surface area contributed by atoms with Gasteiger partial charge in [0.1, 0.15) is 0 Å². The van der Waals surface area contributed by atoms with Crippen molar-refractivity contribution >= 4 is 9.84 Å². The monoisotopic (exact) mass is 406 g/mol. The Kier molecular flexibility index (Phi) is 6.47. The van der Waals surface area contributed by atoms with Gasteiger partial charge in [-0.2, -0.15) is 0 Å². The Morgan fingerprint density at radius 3 is 2.32 bits per heavy atom. The standard InChI is InChI=1S/C19H30N6O2S/c1-15(2)13-18(24-11-9-23(4)10-12-24)19-20-21-22-25(19)14-28(26,27)17-7-5-16(3)6-8-17/h5-8,15,18H,9-14H2,1-4H3/t18-/m1/s1. The lowest BCUT2D eigenvalue weighted by Crippen LogP contribution is -2.46. The highest BCUT2D eigenvalue weighted by atomic mass is 32.2. The van der Waals surface area contributed by atoms with E-state index in [1.54, 1.807) is 24.3 Å². The van der Waals surface area contributed by atoms with Crippen molar-refractivity contribution in [1.82, 2.24) is 30.0 Å². The second-order valence-electron chi connectivity index (χ2n) is 8.08. The summed E-state index contributed by atoms with van der Waals surface area (Å²) < 4.78 is 27.2. The van der Waals surface area contributed by atoms with Crippen molar-refractivity contribution in [2.24, 2.45) is 5.92 Å². The molecule has 0 radical (unpaired) electrons. The van der Waals surface area contributed by atoms with Gasteiger partial charge < -0.3 is 4.90 Å². The zero-order valence-electron chi connectivity index (χ0n) is 17.1. The molecule has 0 N–H and O–H groups in total. The summed E-state index contributed by atoms with van der Waals surface area (Å²) in [5, 5.41) is 12.1. The number of hydrogen-bond acceptors (Lipinski definition) is 7. The number of hydrogen-bond donors (Lipinski definition) is 0. The third-order valence-electron chi connectivity index (χ3n) is 5.20. The number of rotatable bonds is 7. The second kappa shape index (κ2) is 8.67. The molecular weight excluding hydrogens is 376 g/mol. The number of benzene rings is 1. The van der Waals surface area contributed by atoms with Gasteiger partial charge in [-0.25, -0.2) is 13.1 Å². The van der Waals surface area contributed by atoms with Gasteiger partial charge in [-0.1, -0.05) is 31.5 Å². The number of piperazine rings is 1. The molecule has 1 aromatic heterocycles. The fourth-order valence-corrected chi connectivity index (χ4v) is 4.73. The number of nitrogens with zero attached hydrogens (tertiary/aromatic N) is 6. The van der Waals surface area contributed by atoms with E-state index in [9.17, 15) is 8.42 Å². The smallest absolute Gasteiger partial charge is 0.198 e. The SMILES string of the molecule is Cc1ccc(S(=O)(=O)Cn2nnnc2[C@@H](CC(C)C)N2CCN(C)CC2)cc1. The highest BCUT2D eigenvalue weighted by Gasteiger charge is 2.30. The summed E-state index contributed by atoms with van der Waals surface area (Å²) in [5.41, 5.74) is 1.02. The fourth-order valence-electron chi connectivity index (χ4n) is 3.52. The van der Waals surface area contributed by atoms with E-state index in [4.69, 9.17) is 0 Å². The Labute approximate surface area is 167 Å². The van der Waals surface area contributed by atoms with Crippen molar-refractivity contribution < 1.29 is 8.42 Å². The number of tetrazole rings is 1. The zero-order valence-corrected chi connectivity index (χ0v) is 17.9. The second-order valence-corrected chi connectivity index (χ2v) is 10.0. The van der Waals surface area contributed by atoms with E-state index in [1.165, 1.54) is 4.68 Å². The minimum absolute atomic E-state index is 0.0110. The van der Waals surface area contributed by atoms with E-state index in [1.807, 2.05) is 6.92 Å². The Morgan fingerprint density at radius 2 is 1.71 bits per heavy atom. The molecule has 8 nitrogen and oxygen atoms in total. The normalized spacial score (nSPS) is 17.9. The summed E-state index contributed by atoms with van der Waals surface area (Å²) in [6.45, 7) is 10.1. The van der Waals surface area contributed by atoms with Gasteiger partial charge in [0.05, 0.1) is 10.9 Å². The average Bonchev–Trinajstić information content (AvgIpc) is 3.08. The molecule has 0 amide bonds. The molecule has 0 spiro atoms. The lowest BCUT2D eigenvalue weighted by molar-refractivity contribution is 0.0936. The highest BCUT2D eigenvalue weighted by Crippen LogP contribution is 2.27. The minimum atomic E-state index is -3.53. The summed E-state index contributed by atoms with van der Waals surface area (Å²) in [5.74, 6) is 0.832. The zero-order chi connectivity index (χ0) is 20.3. The first-order valence-electron chi connectivity index (χ1n) is 9.74. The summed E-state index contributed by atoms with van der Waals surface area (Å²) in [6, 6.07) is 6.90. The van der Waals surface area contributed by atoms with E-state index in [0.717, 1.165) is 38.2 Å². The third-order valence-corrected chi connectivity index (χ3v) is 6.78. The van der Waals surface area contributed by atoms with E-state index in [2.05, 4.69) is 46.2 Å². The Balaban J connectivity index is 1.86. The van der Waals surface area contributed by atoms with Gasteiger partial charge in [-0.05, 0) is 48.9 Å². The van der Waals surface area contributed by atoms with Crippen molar-refractivity contribution in [3.63, 3.8) is 0 Å². The molecule has 1 aliphatic rings. The average molecular weight is 407 g/mol. The third kappa shape index (κ3) is 4.95. The predicted molar refractivity (Wildman–Crippen MR) is 107 cm³/mol. The van der Waals surface area contributed by atoms with Crippen LogP contribution in [0.5, 0.6) is 0 Å². The van der Waals surface area contributed by atoms with Gasteiger partial charge in [0, 0.05) is 26.2 Å². The maximum Gasteiger partial charge on any atom is 0.198 e. The molecule has 1 aromatic carbocycles. The van der Waals surface area contributed by atoms with Crippen LogP contribution < -0.4 is 0 Å². The van der Waals surface area contributed by atoms with E-state index in [0.29, 0.717) is 16.6 Å².